The molecule has 0 saturated carbocycles. The van der Waals surface area contributed by atoms with E-state index in [2.05, 4.69) is 31.3 Å². The van der Waals surface area contributed by atoms with Gasteiger partial charge in [-0.3, -0.25) is 9.59 Å². The van der Waals surface area contributed by atoms with Gasteiger partial charge in [-0.05, 0) is 29.9 Å². The van der Waals surface area contributed by atoms with Crippen LogP contribution in [-0.4, -0.2) is 29.8 Å². The second-order valence-corrected chi connectivity index (χ2v) is 9.06. The molecule has 0 unspecified atom stereocenters. The summed E-state index contributed by atoms with van der Waals surface area (Å²) in [6.45, 7) is 5.26. The van der Waals surface area contributed by atoms with Crippen molar-refractivity contribution in [3.8, 4) is 17.2 Å². The predicted octanol–water partition coefficient (Wildman–Crippen LogP) is 3.83. The fourth-order valence-corrected chi connectivity index (χ4v) is 5.31. The van der Waals surface area contributed by atoms with Gasteiger partial charge in [0, 0.05) is 30.0 Å². The number of anilines is 1. The van der Waals surface area contributed by atoms with E-state index in [1.165, 1.54) is 16.9 Å². The van der Waals surface area contributed by atoms with Crippen LogP contribution < -0.4 is 5.32 Å². The van der Waals surface area contributed by atoms with Crippen molar-refractivity contribution >= 4 is 28.2 Å². The van der Waals surface area contributed by atoms with Crippen molar-refractivity contribution in [2.75, 3.05) is 18.4 Å². The van der Waals surface area contributed by atoms with Crippen molar-refractivity contribution < 1.29 is 9.59 Å². The van der Waals surface area contributed by atoms with E-state index in [1.807, 2.05) is 18.2 Å². The third kappa shape index (κ3) is 3.31. The molecule has 1 aromatic carbocycles. The number of fused-ring (bicyclic) bond motifs is 3. The lowest BCUT2D eigenvalue weighted by molar-refractivity contribution is -0.128. The van der Waals surface area contributed by atoms with Gasteiger partial charge < -0.3 is 10.2 Å². The summed E-state index contributed by atoms with van der Waals surface area (Å²) in [6, 6.07) is 10.5. The zero-order valence-corrected chi connectivity index (χ0v) is 16.9. The predicted molar refractivity (Wildman–Crippen MR) is 110 cm³/mol. The summed E-state index contributed by atoms with van der Waals surface area (Å²) >= 11 is 1.50. The SMILES string of the molecule is CC(C)CN1C[C@H](C(=O)Nc2sc3c(c2C#N)-c2ccccc2CC3)CC1=O. The van der Waals surface area contributed by atoms with Crippen molar-refractivity contribution in [2.45, 2.75) is 33.1 Å². The van der Waals surface area contributed by atoms with Gasteiger partial charge in [0.25, 0.3) is 0 Å². The number of benzene rings is 1. The van der Waals surface area contributed by atoms with Crippen LogP contribution in [0, 0.1) is 23.2 Å². The molecule has 2 heterocycles. The molecule has 6 heteroatoms. The Balaban J connectivity index is 1.57. The lowest BCUT2D eigenvalue weighted by Gasteiger charge is -2.18. The molecule has 1 N–H and O–H groups in total. The highest BCUT2D eigenvalue weighted by Gasteiger charge is 2.35. The second-order valence-electron chi connectivity index (χ2n) is 7.96. The van der Waals surface area contributed by atoms with Crippen LogP contribution in [0.2, 0.25) is 0 Å². The first-order chi connectivity index (χ1) is 13.5. The molecule has 5 nitrogen and oxygen atoms in total. The number of hydrogen-bond acceptors (Lipinski definition) is 4. The molecule has 1 fully saturated rings. The van der Waals surface area contributed by atoms with E-state index in [1.54, 1.807) is 4.90 Å². The fourth-order valence-electron chi connectivity index (χ4n) is 4.14. The van der Waals surface area contributed by atoms with Crippen LogP contribution in [0.15, 0.2) is 24.3 Å². The number of nitrogens with zero attached hydrogens (tertiary/aromatic N) is 2. The maximum absolute atomic E-state index is 12.8. The first-order valence-corrected chi connectivity index (χ1v) is 10.5. The van der Waals surface area contributed by atoms with Crippen molar-refractivity contribution in [1.29, 1.82) is 5.26 Å². The van der Waals surface area contributed by atoms with Crippen molar-refractivity contribution in [3.63, 3.8) is 0 Å². The average molecular weight is 394 g/mol. The number of aryl methyl sites for hydroxylation is 2. The topological polar surface area (TPSA) is 73.2 Å². The zero-order valence-electron chi connectivity index (χ0n) is 16.1. The molecule has 4 rings (SSSR count). The summed E-state index contributed by atoms with van der Waals surface area (Å²) in [4.78, 5) is 27.9. The van der Waals surface area contributed by atoms with Crippen LogP contribution in [0.5, 0.6) is 0 Å². The summed E-state index contributed by atoms with van der Waals surface area (Å²) < 4.78 is 0. The van der Waals surface area contributed by atoms with E-state index in [0.717, 1.165) is 28.8 Å². The molecule has 2 aromatic rings. The van der Waals surface area contributed by atoms with E-state index in [4.69, 9.17) is 0 Å². The molecule has 1 saturated heterocycles. The molecule has 28 heavy (non-hydrogen) atoms. The fraction of sp³-hybridized carbons (Fsp3) is 0.409. The third-order valence-corrected chi connectivity index (χ3v) is 6.57. The first kappa shape index (κ1) is 18.7. The average Bonchev–Trinajstić information content (AvgIpc) is 3.21. The van der Waals surface area contributed by atoms with Gasteiger partial charge in [0.1, 0.15) is 11.1 Å². The van der Waals surface area contributed by atoms with E-state index >= 15 is 0 Å². The van der Waals surface area contributed by atoms with Crippen LogP contribution in [0.25, 0.3) is 11.1 Å². The highest BCUT2D eigenvalue weighted by molar-refractivity contribution is 7.17. The molecular formula is C22H23N3O2S. The molecule has 1 aliphatic carbocycles. The normalized spacial score (nSPS) is 18.0. The Bertz CT molecular complexity index is 986. The maximum Gasteiger partial charge on any atom is 0.230 e. The van der Waals surface area contributed by atoms with Crippen LogP contribution in [-0.2, 0) is 22.4 Å². The van der Waals surface area contributed by atoms with Gasteiger partial charge in [-0.2, -0.15) is 5.26 Å². The molecule has 1 aliphatic heterocycles. The zero-order chi connectivity index (χ0) is 19.8. The summed E-state index contributed by atoms with van der Waals surface area (Å²) in [7, 11) is 0. The monoisotopic (exact) mass is 393 g/mol. The minimum absolute atomic E-state index is 0.0359. The minimum Gasteiger partial charge on any atom is -0.342 e. The largest absolute Gasteiger partial charge is 0.342 e. The van der Waals surface area contributed by atoms with E-state index in [9.17, 15) is 14.9 Å². The number of carbonyl (C=O) groups excluding carboxylic acids is 2. The van der Waals surface area contributed by atoms with Gasteiger partial charge in [-0.25, -0.2) is 0 Å². The summed E-state index contributed by atoms with van der Waals surface area (Å²) in [5.74, 6) is -0.110. The van der Waals surface area contributed by atoms with E-state index in [-0.39, 0.29) is 24.2 Å². The molecular weight excluding hydrogens is 370 g/mol. The summed E-state index contributed by atoms with van der Waals surface area (Å²) in [6.07, 6.45) is 2.07. The number of likely N-dealkylation sites (tertiary alicyclic amines) is 1. The Morgan fingerprint density at radius 2 is 2.14 bits per heavy atom. The maximum atomic E-state index is 12.8. The first-order valence-electron chi connectivity index (χ1n) is 9.70. The van der Waals surface area contributed by atoms with Crippen molar-refractivity contribution in [1.82, 2.24) is 4.90 Å². The van der Waals surface area contributed by atoms with Crippen LogP contribution in [0.4, 0.5) is 5.00 Å². The Morgan fingerprint density at radius 3 is 2.89 bits per heavy atom. The van der Waals surface area contributed by atoms with Gasteiger partial charge in [-0.1, -0.05) is 38.1 Å². The van der Waals surface area contributed by atoms with Crippen LogP contribution in [0.3, 0.4) is 0 Å². The molecule has 2 amide bonds. The molecule has 0 radical (unpaired) electrons. The Hall–Kier alpha value is -2.65. The van der Waals surface area contributed by atoms with Gasteiger partial charge in [0.2, 0.25) is 11.8 Å². The van der Waals surface area contributed by atoms with Crippen LogP contribution in [0.1, 0.15) is 36.3 Å². The van der Waals surface area contributed by atoms with Crippen LogP contribution >= 0.6 is 11.3 Å². The quantitative estimate of drug-likeness (QED) is 0.858. The number of rotatable bonds is 4. The highest BCUT2D eigenvalue weighted by Crippen LogP contribution is 2.44. The Kier molecular flexibility index (Phi) is 4.94. The number of carbonyl (C=O) groups is 2. The second kappa shape index (κ2) is 7.40. The highest BCUT2D eigenvalue weighted by atomic mass is 32.1. The number of nitrogens with one attached hydrogen (secondary N) is 1. The molecule has 0 bridgehead atoms. The standard InChI is InChI=1S/C22H23N3O2S/c1-13(2)11-25-12-15(9-19(25)26)21(27)24-22-17(10-23)20-16-6-4-3-5-14(16)7-8-18(20)28-22/h3-6,13,15H,7-9,11-12H2,1-2H3,(H,24,27)/t15-/m1/s1. The van der Waals surface area contributed by atoms with Crippen molar-refractivity contribution in [2.24, 2.45) is 11.8 Å². The molecule has 2 aliphatic rings. The third-order valence-electron chi connectivity index (χ3n) is 5.41. The van der Waals surface area contributed by atoms with Gasteiger partial charge in [0.05, 0.1) is 11.5 Å². The van der Waals surface area contributed by atoms with Gasteiger partial charge in [-0.15, -0.1) is 11.3 Å². The van der Waals surface area contributed by atoms with E-state index < -0.39 is 0 Å². The number of hydrogen-bond donors (Lipinski definition) is 1. The number of thiophene rings is 1. The Morgan fingerprint density at radius 1 is 1.36 bits per heavy atom. The number of nitriles is 1. The molecule has 144 valence electrons. The van der Waals surface area contributed by atoms with Gasteiger partial charge in [0.15, 0.2) is 0 Å². The van der Waals surface area contributed by atoms with Gasteiger partial charge >= 0.3 is 0 Å². The van der Waals surface area contributed by atoms with E-state index in [0.29, 0.717) is 29.6 Å². The number of amides is 2. The Labute approximate surface area is 169 Å². The summed E-state index contributed by atoms with van der Waals surface area (Å²) in [5.41, 5.74) is 3.85. The lowest BCUT2D eigenvalue weighted by Crippen LogP contribution is -2.31. The van der Waals surface area contributed by atoms with Crippen molar-refractivity contribution in [3.05, 3.63) is 40.3 Å². The molecule has 0 spiro atoms. The smallest absolute Gasteiger partial charge is 0.230 e. The molecule has 1 atom stereocenters. The summed E-state index contributed by atoms with van der Waals surface area (Å²) in [5, 5.41) is 13.4. The molecule has 1 aromatic heterocycles. The lowest BCUT2D eigenvalue weighted by atomic mass is 9.88. The minimum atomic E-state index is -0.357.